The van der Waals surface area contributed by atoms with Crippen molar-refractivity contribution < 1.29 is 22.7 Å². The summed E-state index contributed by atoms with van der Waals surface area (Å²) in [6.45, 7) is -0.205. The number of hydrogen-bond acceptors (Lipinski definition) is 5. The van der Waals surface area contributed by atoms with Crippen LogP contribution in [-0.2, 0) is 14.8 Å². The number of nitrogens with one attached hydrogen (secondary N) is 2. The Kier molecular flexibility index (Phi) is 6.81. The molecule has 156 valence electrons. The summed E-state index contributed by atoms with van der Waals surface area (Å²) in [6.07, 6.45) is 0. The summed E-state index contributed by atoms with van der Waals surface area (Å²) in [5, 5.41) is 3.07. The maximum atomic E-state index is 12.5. The highest BCUT2D eigenvalue weighted by Crippen LogP contribution is 2.21. The van der Waals surface area contributed by atoms with Crippen LogP contribution in [0.25, 0.3) is 0 Å². The Morgan fingerprint density at radius 3 is 2.33 bits per heavy atom. The number of hydrogen-bond donors (Lipinski definition) is 2. The Balaban J connectivity index is 1.58. The lowest BCUT2D eigenvalue weighted by atomic mass is 10.3. The van der Waals surface area contributed by atoms with Gasteiger partial charge >= 0.3 is 0 Å². The molecule has 3 aromatic carbocycles. The van der Waals surface area contributed by atoms with Crippen molar-refractivity contribution in [2.75, 3.05) is 23.8 Å². The van der Waals surface area contributed by atoms with Gasteiger partial charge in [0.2, 0.25) is 0 Å². The summed E-state index contributed by atoms with van der Waals surface area (Å²) in [7, 11) is -2.24. The van der Waals surface area contributed by atoms with Gasteiger partial charge in [0.25, 0.3) is 15.9 Å². The van der Waals surface area contributed by atoms with Gasteiger partial charge in [0.1, 0.15) is 11.5 Å². The van der Waals surface area contributed by atoms with Gasteiger partial charge in [-0.3, -0.25) is 9.52 Å². The zero-order valence-corrected chi connectivity index (χ0v) is 17.5. The number of ether oxygens (including phenoxy) is 2. The van der Waals surface area contributed by atoms with Crippen LogP contribution in [-0.4, -0.2) is 28.0 Å². The molecule has 0 aliphatic heterocycles. The normalized spacial score (nSPS) is 10.9. The molecule has 0 saturated carbocycles. The van der Waals surface area contributed by atoms with Crippen molar-refractivity contribution in [1.82, 2.24) is 0 Å². The first-order valence-corrected chi connectivity index (χ1v) is 10.7. The molecule has 0 aliphatic rings. The average Bonchev–Trinajstić information content (AvgIpc) is 2.72. The average molecular weight is 447 g/mol. The quantitative estimate of drug-likeness (QED) is 0.541. The van der Waals surface area contributed by atoms with E-state index >= 15 is 0 Å². The maximum Gasteiger partial charge on any atom is 0.262 e. The van der Waals surface area contributed by atoms with E-state index in [2.05, 4.69) is 10.0 Å². The lowest BCUT2D eigenvalue weighted by Gasteiger charge is -2.10. The summed E-state index contributed by atoms with van der Waals surface area (Å²) in [5.41, 5.74) is 0.797. The van der Waals surface area contributed by atoms with Crippen molar-refractivity contribution in [2.24, 2.45) is 0 Å². The highest BCUT2D eigenvalue weighted by atomic mass is 35.5. The third-order valence-corrected chi connectivity index (χ3v) is 5.57. The number of benzene rings is 3. The van der Waals surface area contributed by atoms with Crippen molar-refractivity contribution in [3.05, 3.63) is 77.8 Å². The molecule has 0 aromatic heterocycles. The molecule has 0 atom stereocenters. The van der Waals surface area contributed by atoms with Crippen LogP contribution in [0.15, 0.2) is 77.7 Å². The second-order valence-corrected chi connectivity index (χ2v) is 8.27. The lowest BCUT2D eigenvalue weighted by Crippen LogP contribution is -2.20. The molecule has 3 rings (SSSR count). The van der Waals surface area contributed by atoms with Crippen molar-refractivity contribution in [1.29, 1.82) is 0 Å². The van der Waals surface area contributed by atoms with Crippen molar-refractivity contribution in [3.8, 4) is 11.5 Å². The van der Waals surface area contributed by atoms with E-state index in [0.717, 1.165) is 0 Å². The van der Waals surface area contributed by atoms with Gasteiger partial charge in [-0.1, -0.05) is 23.7 Å². The number of amides is 1. The smallest absolute Gasteiger partial charge is 0.262 e. The molecule has 30 heavy (non-hydrogen) atoms. The molecule has 1 amide bonds. The van der Waals surface area contributed by atoms with Crippen LogP contribution in [0, 0.1) is 0 Å². The number of methoxy groups -OCH3 is 1. The summed E-state index contributed by atoms with van der Waals surface area (Å²) < 4.78 is 38.0. The van der Waals surface area contributed by atoms with Gasteiger partial charge in [-0.15, -0.1) is 0 Å². The lowest BCUT2D eigenvalue weighted by molar-refractivity contribution is -0.118. The third kappa shape index (κ3) is 5.88. The molecule has 0 unspecified atom stereocenters. The molecule has 0 aliphatic carbocycles. The minimum atomic E-state index is -3.79. The van der Waals surface area contributed by atoms with Gasteiger partial charge in [0, 0.05) is 16.8 Å². The zero-order chi connectivity index (χ0) is 21.6. The topological polar surface area (TPSA) is 93.7 Å². The highest BCUT2D eigenvalue weighted by Gasteiger charge is 2.14. The van der Waals surface area contributed by atoms with Crippen LogP contribution in [0.1, 0.15) is 0 Å². The molecule has 7 nitrogen and oxygen atoms in total. The van der Waals surface area contributed by atoms with E-state index in [1.54, 1.807) is 49.6 Å². The van der Waals surface area contributed by atoms with E-state index in [-0.39, 0.29) is 17.4 Å². The SMILES string of the molecule is COc1cccc(OCC(=O)Nc2ccc(S(=O)(=O)Nc3cccc(Cl)c3)cc2)c1. The first-order valence-electron chi connectivity index (χ1n) is 8.81. The van der Waals surface area contributed by atoms with Gasteiger partial charge in [-0.05, 0) is 54.6 Å². The van der Waals surface area contributed by atoms with E-state index in [1.165, 1.54) is 30.3 Å². The predicted molar refractivity (Wildman–Crippen MR) is 116 cm³/mol. The molecule has 2 N–H and O–H groups in total. The van der Waals surface area contributed by atoms with E-state index in [1.807, 2.05) is 0 Å². The van der Waals surface area contributed by atoms with Crippen molar-refractivity contribution in [3.63, 3.8) is 0 Å². The molecule has 0 radical (unpaired) electrons. The first kappa shape index (κ1) is 21.5. The second-order valence-electron chi connectivity index (χ2n) is 6.16. The number of carbonyl (C=O) groups is 1. The van der Waals surface area contributed by atoms with E-state index in [4.69, 9.17) is 21.1 Å². The molecule has 0 saturated heterocycles. The molecule has 3 aromatic rings. The molecule has 9 heteroatoms. The van der Waals surface area contributed by atoms with Gasteiger partial charge in [-0.25, -0.2) is 8.42 Å². The third-order valence-electron chi connectivity index (χ3n) is 3.94. The summed E-state index contributed by atoms with van der Waals surface area (Å²) in [6, 6.07) is 19.1. The van der Waals surface area contributed by atoms with Gasteiger partial charge in [0.05, 0.1) is 17.7 Å². The van der Waals surface area contributed by atoms with Crippen LogP contribution in [0.2, 0.25) is 5.02 Å². The molecule has 0 spiro atoms. The van der Waals surface area contributed by atoms with Gasteiger partial charge in [-0.2, -0.15) is 0 Å². The number of anilines is 2. The summed E-state index contributed by atoms with van der Waals surface area (Å²) in [4.78, 5) is 12.1. The van der Waals surface area contributed by atoms with Crippen molar-refractivity contribution in [2.45, 2.75) is 4.90 Å². The summed E-state index contributed by atoms with van der Waals surface area (Å²) in [5.74, 6) is 0.736. The number of halogens is 1. The second kappa shape index (κ2) is 9.51. The van der Waals surface area contributed by atoms with Crippen LogP contribution in [0.5, 0.6) is 11.5 Å². The Morgan fingerprint density at radius 2 is 1.63 bits per heavy atom. The highest BCUT2D eigenvalue weighted by molar-refractivity contribution is 7.92. The molecule has 0 fully saturated rings. The minimum Gasteiger partial charge on any atom is -0.497 e. The maximum absolute atomic E-state index is 12.5. The molecular formula is C21H19ClN2O5S. The van der Waals surface area contributed by atoms with Crippen LogP contribution in [0.3, 0.4) is 0 Å². The molecule has 0 heterocycles. The number of carbonyl (C=O) groups excluding carboxylic acids is 1. The van der Waals surface area contributed by atoms with E-state index in [9.17, 15) is 13.2 Å². The minimum absolute atomic E-state index is 0.0492. The van der Waals surface area contributed by atoms with Crippen LogP contribution in [0.4, 0.5) is 11.4 Å². The number of sulfonamides is 1. The Hall–Kier alpha value is -3.23. The fourth-order valence-electron chi connectivity index (χ4n) is 2.52. The van der Waals surface area contributed by atoms with Crippen LogP contribution >= 0.6 is 11.6 Å². The standard InChI is InChI=1S/C21H19ClN2O5S/c1-28-18-6-3-7-19(13-18)29-14-21(25)23-16-8-10-20(11-9-16)30(26,27)24-17-5-2-4-15(22)12-17/h2-13,24H,14H2,1H3,(H,23,25). The van der Waals surface area contributed by atoms with E-state index in [0.29, 0.717) is 27.9 Å². The van der Waals surface area contributed by atoms with E-state index < -0.39 is 10.0 Å². The Labute approximate surface area is 179 Å². The summed E-state index contributed by atoms with van der Waals surface area (Å²) >= 11 is 5.88. The first-order chi connectivity index (χ1) is 14.4. The monoisotopic (exact) mass is 446 g/mol. The van der Waals surface area contributed by atoms with Crippen molar-refractivity contribution >= 4 is 38.9 Å². The Morgan fingerprint density at radius 1 is 0.933 bits per heavy atom. The van der Waals surface area contributed by atoms with Gasteiger partial charge < -0.3 is 14.8 Å². The predicted octanol–water partition coefficient (Wildman–Crippen LogP) is 4.17. The molecular weight excluding hydrogens is 428 g/mol. The fraction of sp³-hybridized carbons (Fsp3) is 0.0952. The van der Waals surface area contributed by atoms with Crippen LogP contribution < -0.4 is 19.5 Å². The van der Waals surface area contributed by atoms with Gasteiger partial charge in [0.15, 0.2) is 6.61 Å². The fourth-order valence-corrected chi connectivity index (χ4v) is 3.76. The molecule has 0 bridgehead atoms. The largest absolute Gasteiger partial charge is 0.497 e. The number of rotatable bonds is 8. The Bertz CT molecular complexity index is 1130. The zero-order valence-electron chi connectivity index (χ0n) is 16.0.